The molecule has 1 amide bonds. The van der Waals surface area contributed by atoms with Gasteiger partial charge in [0, 0.05) is 31.6 Å². The Morgan fingerprint density at radius 1 is 1.12 bits per heavy atom. The molecule has 33 heavy (non-hydrogen) atoms. The number of carbonyl (C=O) groups excluding carboxylic acids is 1. The van der Waals surface area contributed by atoms with Crippen molar-refractivity contribution in [3.05, 3.63) is 65.6 Å². The minimum absolute atomic E-state index is 0.0627. The third-order valence-electron chi connectivity index (χ3n) is 6.05. The lowest BCUT2D eigenvalue weighted by Gasteiger charge is -2.41. The Labute approximate surface area is 188 Å². The number of fused-ring (bicyclic) bond motifs is 1. The van der Waals surface area contributed by atoms with Crippen LogP contribution in [0.5, 0.6) is 0 Å². The molecule has 2 N–H and O–H groups in total. The van der Waals surface area contributed by atoms with E-state index in [0.29, 0.717) is 42.8 Å². The number of carbonyl (C=O) groups is 1. The summed E-state index contributed by atoms with van der Waals surface area (Å²) in [5.41, 5.74) is 8.19. The number of amides is 1. The van der Waals surface area contributed by atoms with Gasteiger partial charge in [-0.05, 0) is 47.5 Å². The van der Waals surface area contributed by atoms with Crippen molar-refractivity contribution in [2.75, 3.05) is 26.2 Å². The van der Waals surface area contributed by atoms with Gasteiger partial charge in [-0.2, -0.15) is 13.2 Å². The van der Waals surface area contributed by atoms with E-state index in [1.54, 1.807) is 36.1 Å². The number of likely N-dealkylation sites (N-methyl/N-ethyl adjacent to an activating group) is 1. The summed E-state index contributed by atoms with van der Waals surface area (Å²) in [6.45, 7) is 3.17. The molecule has 1 atom stereocenters. The van der Waals surface area contributed by atoms with E-state index in [-0.39, 0.29) is 18.1 Å². The van der Waals surface area contributed by atoms with Gasteiger partial charge in [0.05, 0.1) is 5.52 Å². The molecule has 0 radical (unpaired) electrons. The number of hydrogen-bond acceptors (Lipinski definition) is 4. The van der Waals surface area contributed by atoms with E-state index in [2.05, 4.69) is 4.98 Å². The van der Waals surface area contributed by atoms with Crippen LogP contribution in [-0.2, 0) is 6.54 Å². The highest BCUT2D eigenvalue weighted by Gasteiger charge is 2.45. The highest BCUT2D eigenvalue weighted by atomic mass is 19.4. The molecule has 2 aromatic carbocycles. The summed E-state index contributed by atoms with van der Waals surface area (Å²) in [7, 11) is 0. The van der Waals surface area contributed by atoms with E-state index >= 15 is 0 Å². The molecule has 1 unspecified atom stereocenters. The quantitative estimate of drug-likeness (QED) is 0.580. The molecule has 2 heterocycles. The molecular weight excluding hydrogens is 436 g/mol. The van der Waals surface area contributed by atoms with Crippen LogP contribution < -0.4 is 5.73 Å². The number of halogens is 4. The topological polar surface area (TPSA) is 62.5 Å². The second-order valence-electron chi connectivity index (χ2n) is 8.20. The molecule has 1 aliphatic heterocycles. The molecule has 4 rings (SSSR count). The molecule has 3 aromatic rings. The number of nitrogens with zero attached hydrogens (tertiary/aromatic N) is 3. The molecular formula is C24H24F4N4O. The van der Waals surface area contributed by atoms with Crippen LogP contribution in [0.1, 0.15) is 23.0 Å². The zero-order chi connectivity index (χ0) is 23.8. The Bertz CT molecular complexity index is 1160. The van der Waals surface area contributed by atoms with E-state index in [1.165, 1.54) is 17.0 Å². The smallest absolute Gasteiger partial charge is 0.364 e. The van der Waals surface area contributed by atoms with Crippen molar-refractivity contribution < 1.29 is 22.4 Å². The third-order valence-corrected chi connectivity index (χ3v) is 6.05. The van der Waals surface area contributed by atoms with Crippen molar-refractivity contribution in [2.24, 2.45) is 5.73 Å². The maximum atomic E-state index is 13.5. The number of alkyl halides is 3. The van der Waals surface area contributed by atoms with Gasteiger partial charge in [-0.15, -0.1) is 0 Å². The van der Waals surface area contributed by atoms with Crippen LogP contribution in [0, 0.1) is 5.82 Å². The number of benzene rings is 2. The minimum atomic E-state index is -4.29. The maximum absolute atomic E-state index is 13.5. The second kappa shape index (κ2) is 9.07. The van der Waals surface area contributed by atoms with Gasteiger partial charge in [0.25, 0.3) is 5.91 Å². The van der Waals surface area contributed by atoms with Gasteiger partial charge in [-0.3, -0.25) is 14.6 Å². The second-order valence-corrected chi connectivity index (χ2v) is 8.20. The first-order valence-corrected chi connectivity index (χ1v) is 10.7. The van der Waals surface area contributed by atoms with Crippen LogP contribution in [0.15, 0.2) is 48.5 Å². The van der Waals surface area contributed by atoms with Crippen LogP contribution in [0.25, 0.3) is 22.0 Å². The van der Waals surface area contributed by atoms with Crippen molar-refractivity contribution in [2.45, 2.75) is 25.7 Å². The summed E-state index contributed by atoms with van der Waals surface area (Å²) in [6.07, 6.45) is -4.29. The number of aromatic nitrogens is 1. The van der Waals surface area contributed by atoms with Crippen LogP contribution in [0.2, 0.25) is 0 Å². The highest BCUT2D eigenvalue weighted by Crippen LogP contribution is 2.31. The zero-order valence-electron chi connectivity index (χ0n) is 18.1. The molecule has 5 nitrogen and oxygen atoms in total. The van der Waals surface area contributed by atoms with E-state index in [0.717, 1.165) is 10.9 Å². The lowest BCUT2D eigenvalue weighted by molar-refractivity contribution is -0.197. The Morgan fingerprint density at radius 2 is 1.85 bits per heavy atom. The average molecular weight is 460 g/mol. The summed E-state index contributed by atoms with van der Waals surface area (Å²) in [5, 5.41) is 0.735. The minimum Gasteiger partial charge on any atom is -0.364 e. The number of pyridine rings is 1. The molecule has 174 valence electrons. The summed E-state index contributed by atoms with van der Waals surface area (Å²) in [6, 6.07) is 11.4. The van der Waals surface area contributed by atoms with Gasteiger partial charge in [0.15, 0.2) is 0 Å². The van der Waals surface area contributed by atoms with Crippen molar-refractivity contribution in [1.29, 1.82) is 0 Å². The lowest BCUT2D eigenvalue weighted by atomic mass is 9.98. The van der Waals surface area contributed by atoms with E-state index in [1.807, 2.05) is 12.1 Å². The normalized spacial score (nSPS) is 18.0. The molecule has 1 saturated heterocycles. The fourth-order valence-corrected chi connectivity index (χ4v) is 4.33. The third kappa shape index (κ3) is 4.99. The van der Waals surface area contributed by atoms with Crippen molar-refractivity contribution in [3.63, 3.8) is 0 Å². The molecule has 0 aliphatic carbocycles. The van der Waals surface area contributed by atoms with Gasteiger partial charge in [-0.1, -0.05) is 31.2 Å². The maximum Gasteiger partial charge on any atom is 0.405 e. The molecule has 1 aliphatic rings. The molecule has 0 spiro atoms. The van der Waals surface area contributed by atoms with E-state index < -0.39 is 18.1 Å². The standard InChI is InChI=1S/C24H24F4N4O/c1-2-32-10-9-31(14-22(32)24(26,27)28)13-15-3-8-18-19(16-4-6-17(25)7-5-16)12-21(23(29)33)30-20(18)11-15/h3-8,11-12,22H,2,9-10,13-14H2,1H3,(H2,29,33). The number of nitrogens with two attached hydrogens (primary N) is 1. The predicted octanol–water partition coefficient (Wildman–Crippen LogP) is 4.21. The fraction of sp³-hybridized carbons (Fsp3) is 0.333. The number of rotatable bonds is 5. The van der Waals surface area contributed by atoms with Gasteiger partial charge in [0.2, 0.25) is 0 Å². The monoisotopic (exact) mass is 460 g/mol. The van der Waals surface area contributed by atoms with Crippen LogP contribution in [0.4, 0.5) is 17.6 Å². The first-order chi connectivity index (χ1) is 15.7. The molecule has 0 bridgehead atoms. The van der Waals surface area contributed by atoms with Gasteiger partial charge >= 0.3 is 6.18 Å². The summed E-state index contributed by atoms with van der Waals surface area (Å²) in [4.78, 5) is 19.4. The first-order valence-electron chi connectivity index (χ1n) is 10.7. The van der Waals surface area contributed by atoms with Gasteiger partial charge < -0.3 is 5.73 Å². The Hall–Kier alpha value is -3.04. The van der Waals surface area contributed by atoms with Crippen LogP contribution >= 0.6 is 0 Å². The number of primary amides is 1. The van der Waals surface area contributed by atoms with Crippen LogP contribution in [-0.4, -0.2) is 59.1 Å². The fourth-order valence-electron chi connectivity index (χ4n) is 4.33. The van der Waals surface area contributed by atoms with Crippen molar-refractivity contribution >= 4 is 16.8 Å². The van der Waals surface area contributed by atoms with Crippen LogP contribution in [0.3, 0.4) is 0 Å². The highest BCUT2D eigenvalue weighted by molar-refractivity contribution is 6.00. The Balaban J connectivity index is 1.66. The molecule has 1 fully saturated rings. The van der Waals surface area contributed by atoms with E-state index in [4.69, 9.17) is 5.73 Å². The van der Waals surface area contributed by atoms with Gasteiger partial charge in [0.1, 0.15) is 17.6 Å². The van der Waals surface area contributed by atoms with Crippen molar-refractivity contribution in [3.8, 4) is 11.1 Å². The van der Waals surface area contributed by atoms with Crippen molar-refractivity contribution in [1.82, 2.24) is 14.8 Å². The predicted molar refractivity (Wildman–Crippen MR) is 118 cm³/mol. The lowest BCUT2D eigenvalue weighted by Crippen LogP contribution is -2.58. The Kier molecular flexibility index (Phi) is 6.36. The van der Waals surface area contributed by atoms with E-state index in [9.17, 15) is 22.4 Å². The van der Waals surface area contributed by atoms with Gasteiger partial charge in [-0.25, -0.2) is 9.37 Å². The number of piperazine rings is 1. The molecule has 1 aromatic heterocycles. The average Bonchev–Trinajstić information content (AvgIpc) is 2.78. The number of hydrogen-bond donors (Lipinski definition) is 1. The SMILES string of the molecule is CCN1CCN(Cc2ccc3c(-c4ccc(F)cc4)cc(C(N)=O)nc3c2)CC1C(F)(F)F. The Morgan fingerprint density at radius 3 is 2.48 bits per heavy atom. The molecule has 0 saturated carbocycles. The summed E-state index contributed by atoms with van der Waals surface area (Å²) < 4.78 is 53.9. The largest absolute Gasteiger partial charge is 0.405 e. The first kappa shape index (κ1) is 23.1. The zero-order valence-corrected chi connectivity index (χ0v) is 18.1. The summed E-state index contributed by atoms with van der Waals surface area (Å²) >= 11 is 0. The summed E-state index contributed by atoms with van der Waals surface area (Å²) in [5.74, 6) is -1.08. The molecule has 9 heteroatoms.